The van der Waals surface area contributed by atoms with Gasteiger partial charge in [0.1, 0.15) is 0 Å². The van der Waals surface area contributed by atoms with Gasteiger partial charge in [0.2, 0.25) is 23.6 Å². The maximum absolute atomic E-state index is 15.1. The lowest BCUT2D eigenvalue weighted by molar-refractivity contribution is -0.118. The quantitative estimate of drug-likeness (QED) is 0.260. The highest BCUT2D eigenvalue weighted by molar-refractivity contribution is 7.77. The first kappa shape index (κ1) is 27.4. The Morgan fingerprint density at radius 3 is 2.67 bits per heavy atom. The molecule has 2 aliphatic rings. The zero-order valence-corrected chi connectivity index (χ0v) is 21.3. The Kier molecular flexibility index (Phi) is 8.07. The van der Waals surface area contributed by atoms with Crippen LogP contribution in [0.5, 0.6) is 11.6 Å². The zero-order valence-electron chi connectivity index (χ0n) is 20.5. The summed E-state index contributed by atoms with van der Waals surface area (Å²) in [4.78, 5) is 12.9. The van der Waals surface area contributed by atoms with Gasteiger partial charge in [0.15, 0.2) is 11.6 Å². The molecule has 0 spiro atoms. The Morgan fingerprint density at radius 2 is 1.95 bits per heavy atom. The summed E-state index contributed by atoms with van der Waals surface area (Å²) in [5, 5.41) is 6.58. The lowest BCUT2D eigenvalue weighted by Crippen LogP contribution is -2.44. The van der Waals surface area contributed by atoms with Crippen molar-refractivity contribution in [2.24, 2.45) is 5.92 Å². The van der Waals surface area contributed by atoms with E-state index in [9.17, 15) is 17.5 Å². The summed E-state index contributed by atoms with van der Waals surface area (Å²) in [5.41, 5.74) is 0.436. The van der Waals surface area contributed by atoms with E-state index in [1.54, 1.807) is 24.4 Å². The van der Waals surface area contributed by atoms with Crippen molar-refractivity contribution in [3.8, 4) is 22.9 Å². The molecule has 14 heteroatoms. The Bertz CT molecular complexity index is 1350. The van der Waals surface area contributed by atoms with Gasteiger partial charge in [-0.15, -0.1) is 0 Å². The summed E-state index contributed by atoms with van der Waals surface area (Å²) in [6, 6.07) is 5.94. The van der Waals surface area contributed by atoms with E-state index >= 15 is 8.78 Å². The van der Waals surface area contributed by atoms with E-state index in [2.05, 4.69) is 25.6 Å². The van der Waals surface area contributed by atoms with Crippen LogP contribution in [0.4, 0.5) is 23.5 Å². The van der Waals surface area contributed by atoms with Gasteiger partial charge in [0, 0.05) is 60.7 Å². The van der Waals surface area contributed by atoms with Crippen molar-refractivity contribution in [3.05, 3.63) is 59.9 Å². The number of piperidine rings is 1. The number of hydrogen-bond acceptors (Lipinski definition) is 8. The summed E-state index contributed by atoms with van der Waals surface area (Å²) in [6.45, 7) is 1.74. The molecule has 0 bridgehead atoms. The van der Waals surface area contributed by atoms with Crippen molar-refractivity contribution in [2.75, 3.05) is 18.4 Å². The summed E-state index contributed by atoms with van der Waals surface area (Å²) < 4.78 is 87.3. The smallest absolute Gasteiger partial charge is 0.248 e. The molecule has 3 aromatic rings. The topological polar surface area (TPSA) is 124 Å². The highest BCUT2D eigenvalue weighted by atomic mass is 32.2. The van der Waals surface area contributed by atoms with E-state index in [1.165, 1.54) is 6.20 Å². The van der Waals surface area contributed by atoms with Crippen LogP contribution in [0, 0.1) is 17.6 Å². The molecule has 9 nitrogen and oxygen atoms in total. The van der Waals surface area contributed by atoms with E-state index in [-0.39, 0.29) is 11.9 Å². The van der Waals surface area contributed by atoms with Crippen LogP contribution in [0.15, 0.2) is 42.7 Å². The minimum Gasteiger partial charge on any atom is -0.760 e. The summed E-state index contributed by atoms with van der Waals surface area (Å²) >= 11 is -2.89. The highest BCUT2D eigenvalue weighted by Gasteiger charge is 2.49. The number of hydrogen-bond donors (Lipinski definition) is 3. The largest absolute Gasteiger partial charge is 0.760 e. The Labute approximate surface area is 224 Å². The fourth-order valence-electron chi connectivity index (χ4n) is 4.83. The average Bonchev–Trinajstić information content (AvgIpc) is 2.90. The monoisotopic (exact) mass is 565 g/mol. The molecule has 3 N–H and O–H groups in total. The van der Waals surface area contributed by atoms with Gasteiger partial charge in [0.05, 0.1) is 11.3 Å². The molecule has 5 rings (SSSR count). The molecule has 1 aliphatic heterocycles. The second kappa shape index (κ2) is 11.5. The number of nitrogens with one attached hydrogen (secondary N) is 3. The number of pyridine rings is 1. The minimum atomic E-state index is -2.98. The first-order chi connectivity index (χ1) is 18.7. The van der Waals surface area contributed by atoms with E-state index in [1.807, 2.05) is 4.72 Å². The Balaban J connectivity index is 1.39. The number of rotatable bonds is 9. The molecular weight excluding hydrogens is 540 g/mol. The molecule has 0 amide bonds. The molecule has 208 valence electrons. The third kappa shape index (κ3) is 6.35. The van der Waals surface area contributed by atoms with Gasteiger partial charge in [-0.1, -0.05) is 6.07 Å². The molecule has 1 unspecified atom stereocenters. The van der Waals surface area contributed by atoms with Crippen LogP contribution in [0.25, 0.3) is 11.3 Å². The second-order valence-corrected chi connectivity index (χ2v) is 10.3. The van der Waals surface area contributed by atoms with Crippen LogP contribution in [0.1, 0.15) is 37.3 Å². The number of halogens is 4. The fraction of sp³-hybridized carbons (Fsp3) is 0.400. The highest BCUT2D eigenvalue weighted by Crippen LogP contribution is 2.49. The summed E-state index contributed by atoms with van der Waals surface area (Å²) in [6.07, 6.45) is 3.67. The molecule has 39 heavy (non-hydrogen) atoms. The van der Waals surface area contributed by atoms with Crippen LogP contribution < -0.4 is 20.1 Å². The van der Waals surface area contributed by atoms with Crippen molar-refractivity contribution >= 4 is 17.2 Å². The molecule has 3 atom stereocenters. The first-order valence-electron chi connectivity index (χ1n) is 12.3. The zero-order chi connectivity index (χ0) is 27.6. The predicted octanol–water partition coefficient (Wildman–Crippen LogP) is 4.24. The van der Waals surface area contributed by atoms with Gasteiger partial charge in [0.25, 0.3) is 0 Å². The molecular formula is C25H25F4N6O3S-. The third-order valence-corrected chi connectivity index (χ3v) is 7.21. The summed E-state index contributed by atoms with van der Waals surface area (Å²) in [7, 11) is 0. The predicted molar refractivity (Wildman–Crippen MR) is 134 cm³/mol. The Hall–Kier alpha value is -3.20. The van der Waals surface area contributed by atoms with Crippen LogP contribution in [0.3, 0.4) is 0 Å². The van der Waals surface area contributed by atoms with E-state index in [0.29, 0.717) is 17.2 Å². The molecule has 3 heterocycles. The first-order valence-corrected chi connectivity index (χ1v) is 13.4. The van der Waals surface area contributed by atoms with Crippen molar-refractivity contribution in [1.29, 1.82) is 0 Å². The molecule has 1 saturated heterocycles. The number of aromatic nitrogens is 3. The minimum absolute atomic E-state index is 0.0542. The van der Waals surface area contributed by atoms with E-state index in [4.69, 9.17) is 4.74 Å². The molecule has 1 aliphatic carbocycles. The third-order valence-electron chi connectivity index (χ3n) is 6.77. The van der Waals surface area contributed by atoms with Gasteiger partial charge in [-0.25, -0.2) is 32.8 Å². The Morgan fingerprint density at radius 1 is 1.13 bits per heavy atom. The van der Waals surface area contributed by atoms with Crippen molar-refractivity contribution in [1.82, 2.24) is 25.0 Å². The molecule has 2 fully saturated rings. The lowest BCUT2D eigenvalue weighted by Gasteiger charge is -2.40. The van der Waals surface area contributed by atoms with Crippen molar-refractivity contribution in [2.45, 2.75) is 43.7 Å². The summed E-state index contributed by atoms with van der Waals surface area (Å²) in [5.74, 6) is -6.86. The fourth-order valence-corrected chi connectivity index (χ4v) is 5.36. The van der Waals surface area contributed by atoms with Gasteiger partial charge < -0.3 is 19.9 Å². The van der Waals surface area contributed by atoms with Crippen LogP contribution in [-0.4, -0.2) is 48.8 Å². The molecule has 2 aromatic heterocycles. The normalized spacial score (nSPS) is 20.6. The van der Waals surface area contributed by atoms with E-state index in [0.717, 1.165) is 38.1 Å². The maximum Gasteiger partial charge on any atom is 0.248 e. The number of ether oxygens (including phenoxy) is 1. The van der Waals surface area contributed by atoms with Gasteiger partial charge in [-0.05, 0) is 49.6 Å². The van der Waals surface area contributed by atoms with Gasteiger partial charge >= 0.3 is 0 Å². The van der Waals surface area contributed by atoms with Crippen molar-refractivity contribution < 1.29 is 31.1 Å². The van der Waals surface area contributed by atoms with Crippen LogP contribution in [0.2, 0.25) is 0 Å². The number of benzene rings is 1. The van der Waals surface area contributed by atoms with Gasteiger partial charge in [-0.3, -0.25) is 4.21 Å². The molecule has 1 saturated carbocycles. The molecule has 0 radical (unpaired) electrons. The van der Waals surface area contributed by atoms with Crippen molar-refractivity contribution in [3.63, 3.8) is 0 Å². The standard InChI is InChI=1S/C25H26F4N6O3S/c26-20-17(22(35-39(36)37)14-11-25(28,29)12-14)5-6-19(21(20)27)38-23-16(4-2-9-31-23)18-7-10-32-24(34-18)33-15-3-1-8-30-13-15/h2,4-7,9-10,14-15,22,30,35H,1,3,8,11-13H2,(H,36,37)(H,32,33,34)/p-1/t15-,22-/m0/s1. The average molecular weight is 566 g/mol. The van der Waals surface area contributed by atoms with E-state index < -0.39 is 64.9 Å². The second-order valence-electron chi connectivity index (χ2n) is 9.55. The maximum atomic E-state index is 15.1. The number of nitrogens with zero attached hydrogens (tertiary/aromatic N) is 3. The SMILES string of the molecule is O=S([O-])N[C@H](c1ccc(Oc2ncccc2-c2ccnc(N[C@H]3CCCNC3)n2)c(F)c1F)C1CC(F)(F)C1. The lowest BCUT2D eigenvalue weighted by atomic mass is 9.74. The number of anilines is 1. The van der Waals surface area contributed by atoms with Crippen LogP contribution in [-0.2, 0) is 11.3 Å². The van der Waals surface area contributed by atoms with Gasteiger partial charge in [-0.2, -0.15) is 4.39 Å². The number of alkyl halides is 2. The molecule has 1 aromatic carbocycles. The van der Waals surface area contributed by atoms with Crippen LogP contribution >= 0.6 is 0 Å².